The van der Waals surface area contributed by atoms with Crippen LogP contribution in [0.4, 0.5) is 0 Å². The van der Waals surface area contributed by atoms with Crippen molar-refractivity contribution in [3.05, 3.63) is 70.3 Å². The van der Waals surface area contributed by atoms with Gasteiger partial charge in [-0.15, -0.1) is 0 Å². The molecule has 1 atom stereocenters. The van der Waals surface area contributed by atoms with Crippen molar-refractivity contribution in [1.29, 1.82) is 0 Å². The highest BCUT2D eigenvalue weighted by atomic mass is 14.4. The molecule has 0 amide bonds. The Balaban J connectivity index is 2.10. The SMILES string of the molecule is CC1(C)c2ccccc2C2CCc3cccc1c32. The van der Waals surface area contributed by atoms with E-state index >= 15 is 0 Å². The predicted molar refractivity (Wildman–Crippen MR) is 75.2 cm³/mol. The second-order valence-electron chi connectivity index (χ2n) is 6.18. The zero-order chi connectivity index (χ0) is 12.3. The largest absolute Gasteiger partial charge is 0.0620 e. The lowest BCUT2D eigenvalue weighted by Crippen LogP contribution is -2.28. The summed E-state index contributed by atoms with van der Waals surface area (Å²) in [5, 5.41) is 0. The summed E-state index contributed by atoms with van der Waals surface area (Å²) in [5.41, 5.74) is 8.03. The predicted octanol–water partition coefficient (Wildman–Crippen LogP) is 4.40. The topological polar surface area (TPSA) is 0 Å². The third-order valence-electron chi connectivity index (χ3n) is 4.93. The van der Waals surface area contributed by atoms with Crippen LogP contribution in [0.15, 0.2) is 42.5 Å². The maximum Gasteiger partial charge on any atom is 0.0152 e. The Morgan fingerprint density at radius 2 is 1.72 bits per heavy atom. The molecule has 2 aromatic rings. The Bertz CT molecular complexity index is 634. The fourth-order valence-electron chi connectivity index (χ4n) is 4.06. The highest BCUT2D eigenvalue weighted by Crippen LogP contribution is 2.52. The monoisotopic (exact) mass is 234 g/mol. The Morgan fingerprint density at radius 1 is 0.944 bits per heavy atom. The molecule has 0 bridgehead atoms. The Labute approximate surface area is 109 Å². The lowest BCUT2D eigenvalue weighted by Gasteiger charge is -2.38. The summed E-state index contributed by atoms with van der Waals surface area (Å²) in [5.74, 6) is 0.653. The standard InChI is InChI=1S/C18H18/c1-18(2)15-8-4-3-7-13(15)14-11-10-12-6-5-9-16(18)17(12)14/h3-9,14H,10-11H2,1-2H3. The molecule has 0 nitrogen and oxygen atoms in total. The third kappa shape index (κ3) is 1.11. The molecular weight excluding hydrogens is 216 g/mol. The van der Waals surface area contributed by atoms with E-state index in [1.54, 1.807) is 22.3 Å². The molecule has 0 fully saturated rings. The molecule has 0 heteroatoms. The van der Waals surface area contributed by atoms with Gasteiger partial charge in [0.15, 0.2) is 0 Å². The molecular formula is C18H18. The number of rotatable bonds is 0. The fraction of sp³-hybridized carbons (Fsp3) is 0.333. The minimum Gasteiger partial charge on any atom is -0.0620 e. The van der Waals surface area contributed by atoms with Gasteiger partial charge in [0.05, 0.1) is 0 Å². The van der Waals surface area contributed by atoms with Crippen molar-refractivity contribution in [2.24, 2.45) is 0 Å². The number of benzene rings is 2. The first-order valence-electron chi connectivity index (χ1n) is 6.91. The summed E-state index contributed by atoms with van der Waals surface area (Å²) in [7, 11) is 0. The third-order valence-corrected chi connectivity index (χ3v) is 4.93. The van der Waals surface area contributed by atoms with Gasteiger partial charge in [0.2, 0.25) is 0 Å². The maximum absolute atomic E-state index is 2.37. The molecule has 0 saturated carbocycles. The van der Waals surface area contributed by atoms with Crippen molar-refractivity contribution >= 4 is 0 Å². The highest BCUT2D eigenvalue weighted by molar-refractivity contribution is 5.59. The van der Waals surface area contributed by atoms with Gasteiger partial charge in [0, 0.05) is 11.3 Å². The van der Waals surface area contributed by atoms with Gasteiger partial charge in [-0.2, -0.15) is 0 Å². The average Bonchev–Trinajstić information content (AvgIpc) is 2.81. The van der Waals surface area contributed by atoms with Crippen molar-refractivity contribution in [3.8, 4) is 0 Å². The van der Waals surface area contributed by atoms with Gasteiger partial charge in [-0.1, -0.05) is 56.3 Å². The number of aryl methyl sites for hydroxylation is 1. The van der Waals surface area contributed by atoms with Crippen LogP contribution in [-0.2, 0) is 11.8 Å². The van der Waals surface area contributed by atoms with Gasteiger partial charge in [-0.05, 0) is 40.7 Å². The molecule has 2 aromatic carbocycles. The molecule has 0 heterocycles. The number of hydrogen-bond donors (Lipinski definition) is 0. The Kier molecular flexibility index (Phi) is 1.88. The summed E-state index contributed by atoms with van der Waals surface area (Å²) in [6.07, 6.45) is 2.54. The quantitative estimate of drug-likeness (QED) is 0.633. The van der Waals surface area contributed by atoms with Gasteiger partial charge in [0.25, 0.3) is 0 Å². The molecule has 2 aliphatic carbocycles. The minimum absolute atomic E-state index is 0.156. The second-order valence-corrected chi connectivity index (χ2v) is 6.18. The smallest absolute Gasteiger partial charge is 0.0152 e. The Hall–Kier alpha value is -1.56. The van der Waals surface area contributed by atoms with Crippen molar-refractivity contribution in [1.82, 2.24) is 0 Å². The summed E-state index contributed by atoms with van der Waals surface area (Å²) >= 11 is 0. The zero-order valence-corrected chi connectivity index (χ0v) is 11.0. The summed E-state index contributed by atoms with van der Waals surface area (Å²) in [6.45, 7) is 4.74. The molecule has 0 radical (unpaired) electrons. The summed E-state index contributed by atoms with van der Waals surface area (Å²) in [4.78, 5) is 0. The number of hydrogen-bond acceptors (Lipinski definition) is 0. The molecule has 2 aliphatic rings. The normalized spacial score (nSPS) is 22.4. The molecule has 0 spiro atoms. The molecule has 0 aliphatic heterocycles. The maximum atomic E-state index is 2.37. The van der Waals surface area contributed by atoms with Gasteiger partial charge in [-0.25, -0.2) is 0 Å². The Morgan fingerprint density at radius 3 is 2.61 bits per heavy atom. The van der Waals surface area contributed by atoms with Gasteiger partial charge < -0.3 is 0 Å². The molecule has 1 unspecified atom stereocenters. The van der Waals surface area contributed by atoms with Gasteiger partial charge in [-0.3, -0.25) is 0 Å². The first kappa shape index (κ1) is 10.4. The van der Waals surface area contributed by atoms with Crippen LogP contribution in [0, 0.1) is 0 Å². The molecule has 0 aromatic heterocycles. The van der Waals surface area contributed by atoms with Crippen LogP contribution in [0.3, 0.4) is 0 Å². The van der Waals surface area contributed by atoms with E-state index < -0.39 is 0 Å². The lowest BCUT2D eigenvalue weighted by atomic mass is 9.66. The van der Waals surface area contributed by atoms with Crippen LogP contribution < -0.4 is 0 Å². The van der Waals surface area contributed by atoms with Gasteiger partial charge >= 0.3 is 0 Å². The van der Waals surface area contributed by atoms with E-state index in [9.17, 15) is 0 Å². The van der Waals surface area contributed by atoms with Crippen molar-refractivity contribution < 1.29 is 0 Å². The van der Waals surface area contributed by atoms with E-state index in [4.69, 9.17) is 0 Å². The van der Waals surface area contributed by atoms with Crippen molar-refractivity contribution in [3.63, 3.8) is 0 Å². The van der Waals surface area contributed by atoms with E-state index in [2.05, 4.69) is 56.3 Å². The highest BCUT2D eigenvalue weighted by Gasteiger charge is 2.40. The van der Waals surface area contributed by atoms with E-state index in [-0.39, 0.29) is 5.41 Å². The van der Waals surface area contributed by atoms with E-state index in [0.717, 1.165) is 0 Å². The van der Waals surface area contributed by atoms with E-state index in [1.165, 1.54) is 18.4 Å². The number of fused-ring (bicyclic) bond motifs is 2. The van der Waals surface area contributed by atoms with Crippen LogP contribution in [0.25, 0.3) is 0 Å². The van der Waals surface area contributed by atoms with Crippen LogP contribution in [-0.4, -0.2) is 0 Å². The molecule has 0 N–H and O–H groups in total. The fourth-order valence-corrected chi connectivity index (χ4v) is 4.06. The van der Waals surface area contributed by atoms with Gasteiger partial charge in [0.1, 0.15) is 0 Å². The summed E-state index contributed by atoms with van der Waals surface area (Å²) in [6, 6.07) is 15.9. The zero-order valence-electron chi connectivity index (χ0n) is 11.0. The van der Waals surface area contributed by atoms with Crippen LogP contribution in [0.1, 0.15) is 54.0 Å². The lowest BCUT2D eigenvalue weighted by molar-refractivity contribution is 0.585. The second kappa shape index (κ2) is 3.26. The first-order valence-corrected chi connectivity index (χ1v) is 6.91. The van der Waals surface area contributed by atoms with Crippen LogP contribution in [0.2, 0.25) is 0 Å². The van der Waals surface area contributed by atoms with E-state index in [1.807, 2.05) is 0 Å². The van der Waals surface area contributed by atoms with Crippen molar-refractivity contribution in [2.75, 3.05) is 0 Å². The van der Waals surface area contributed by atoms with Crippen LogP contribution >= 0.6 is 0 Å². The molecule has 4 rings (SSSR count). The molecule has 18 heavy (non-hydrogen) atoms. The van der Waals surface area contributed by atoms with E-state index in [0.29, 0.717) is 5.92 Å². The molecule has 0 saturated heterocycles. The minimum atomic E-state index is 0.156. The van der Waals surface area contributed by atoms with Crippen molar-refractivity contribution in [2.45, 2.75) is 38.0 Å². The summed E-state index contributed by atoms with van der Waals surface area (Å²) < 4.78 is 0. The first-order chi connectivity index (χ1) is 8.69. The average molecular weight is 234 g/mol. The van der Waals surface area contributed by atoms with Crippen LogP contribution in [0.5, 0.6) is 0 Å². The molecule has 90 valence electrons.